The lowest BCUT2D eigenvalue weighted by Gasteiger charge is -2.60. The van der Waals surface area contributed by atoms with Crippen LogP contribution in [0.25, 0.3) is 0 Å². The first-order valence-electron chi connectivity index (χ1n) is 5.44. The maximum absolute atomic E-state index is 11.9. The lowest BCUT2D eigenvalue weighted by molar-refractivity contribution is -0.248. The highest BCUT2D eigenvalue weighted by Crippen LogP contribution is 2.44. The molecule has 1 amide bonds. The fourth-order valence-electron chi connectivity index (χ4n) is 2.78. The summed E-state index contributed by atoms with van der Waals surface area (Å²) in [5.74, 6) is -0.252. The van der Waals surface area contributed by atoms with Gasteiger partial charge < -0.3 is 14.7 Å². The van der Waals surface area contributed by atoms with Gasteiger partial charge in [0.1, 0.15) is 5.72 Å². The molecule has 0 saturated carbocycles. The molecule has 2 aliphatic heterocycles. The Hall–Kier alpha value is -0.610. The Kier molecular flexibility index (Phi) is 2.14. The number of rotatable bonds is 1. The fourth-order valence-corrected chi connectivity index (χ4v) is 2.78. The highest BCUT2D eigenvalue weighted by Gasteiger charge is 2.59. The van der Waals surface area contributed by atoms with Crippen LogP contribution in [0.1, 0.15) is 34.1 Å². The minimum Gasteiger partial charge on any atom is -0.390 e. The quantitative estimate of drug-likeness (QED) is 0.654. The molecule has 2 saturated heterocycles. The van der Waals surface area contributed by atoms with Gasteiger partial charge in [-0.15, -0.1) is 0 Å². The predicted octanol–water partition coefficient (Wildman–Crippen LogP) is 0.741. The Balaban J connectivity index is 2.22. The zero-order valence-corrected chi connectivity index (χ0v) is 9.78. The number of amides is 1. The van der Waals surface area contributed by atoms with E-state index in [0.717, 1.165) is 6.42 Å². The fraction of sp³-hybridized carbons (Fsp3) is 0.909. The van der Waals surface area contributed by atoms with Crippen molar-refractivity contribution in [2.75, 3.05) is 6.61 Å². The van der Waals surface area contributed by atoms with E-state index in [4.69, 9.17) is 4.74 Å². The van der Waals surface area contributed by atoms with E-state index in [-0.39, 0.29) is 17.9 Å². The van der Waals surface area contributed by atoms with Crippen molar-refractivity contribution in [2.24, 2.45) is 5.92 Å². The smallest absolute Gasteiger partial charge is 0.233 e. The van der Waals surface area contributed by atoms with Crippen LogP contribution in [0.5, 0.6) is 0 Å². The van der Waals surface area contributed by atoms with Gasteiger partial charge in [0, 0.05) is 0 Å². The molecule has 1 unspecified atom stereocenters. The van der Waals surface area contributed by atoms with Gasteiger partial charge in [-0.1, -0.05) is 0 Å². The number of carbonyl (C=O) groups excluding carboxylic acids is 1. The Labute approximate surface area is 90.2 Å². The molecule has 2 rings (SSSR count). The summed E-state index contributed by atoms with van der Waals surface area (Å²) in [6.07, 6.45) is 0.823. The molecular weight excluding hydrogens is 194 g/mol. The van der Waals surface area contributed by atoms with Crippen molar-refractivity contribution in [3.8, 4) is 0 Å². The average molecular weight is 213 g/mol. The van der Waals surface area contributed by atoms with E-state index in [1.54, 1.807) is 18.7 Å². The second-order valence-corrected chi connectivity index (χ2v) is 5.49. The van der Waals surface area contributed by atoms with Gasteiger partial charge in [-0.2, -0.15) is 0 Å². The van der Waals surface area contributed by atoms with Gasteiger partial charge in [0.05, 0.1) is 24.2 Å². The van der Waals surface area contributed by atoms with Crippen LogP contribution in [0.15, 0.2) is 0 Å². The second kappa shape index (κ2) is 2.95. The standard InChI is InChI=1S/C11H19NO3/c1-10(2,14)8-7-5-6-15-11(3,4)12(7)9(8)13/h7-8,14H,5-6H2,1-4H3/t7?,8-/m0/s1. The first-order chi connectivity index (χ1) is 6.75. The number of β-lactam (4-membered cyclic amide) rings is 1. The predicted molar refractivity (Wildman–Crippen MR) is 55.1 cm³/mol. The zero-order valence-electron chi connectivity index (χ0n) is 9.78. The molecule has 2 heterocycles. The Bertz CT molecular complexity index is 285. The van der Waals surface area contributed by atoms with Gasteiger partial charge in [-0.25, -0.2) is 0 Å². The molecule has 4 nitrogen and oxygen atoms in total. The van der Waals surface area contributed by atoms with Crippen LogP contribution in [0.4, 0.5) is 0 Å². The molecule has 0 aromatic heterocycles. The number of aliphatic hydroxyl groups is 1. The first kappa shape index (κ1) is 10.9. The molecule has 0 aromatic rings. The Morgan fingerprint density at radius 3 is 2.67 bits per heavy atom. The zero-order chi connectivity index (χ0) is 11.4. The highest BCUT2D eigenvalue weighted by molar-refractivity contribution is 5.88. The van der Waals surface area contributed by atoms with Gasteiger partial charge in [0.25, 0.3) is 0 Å². The normalized spacial score (nSPS) is 34.7. The molecule has 15 heavy (non-hydrogen) atoms. The third-order valence-corrected chi connectivity index (χ3v) is 3.43. The maximum Gasteiger partial charge on any atom is 0.233 e. The van der Waals surface area contributed by atoms with E-state index in [1.165, 1.54) is 0 Å². The SMILES string of the molecule is CC(C)(O)[C@@H]1C(=O)N2C1CCOC2(C)C. The largest absolute Gasteiger partial charge is 0.390 e. The Morgan fingerprint density at radius 2 is 2.13 bits per heavy atom. The molecule has 0 aromatic carbocycles. The molecule has 0 aliphatic carbocycles. The van der Waals surface area contributed by atoms with Gasteiger partial charge >= 0.3 is 0 Å². The number of hydrogen-bond acceptors (Lipinski definition) is 3. The summed E-state index contributed by atoms with van der Waals surface area (Å²) >= 11 is 0. The average Bonchev–Trinajstić information content (AvgIpc) is 1.97. The number of nitrogens with zero attached hydrogens (tertiary/aromatic N) is 1. The van der Waals surface area contributed by atoms with E-state index in [1.807, 2.05) is 13.8 Å². The summed E-state index contributed by atoms with van der Waals surface area (Å²) in [7, 11) is 0. The lowest BCUT2D eigenvalue weighted by atomic mass is 9.73. The van der Waals surface area contributed by atoms with Crippen LogP contribution >= 0.6 is 0 Å². The molecule has 0 spiro atoms. The molecule has 0 bridgehead atoms. The van der Waals surface area contributed by atoms with E-state index < -0.39 is 11.3 Å². The monoisotopic (exact) mass is 213 g/mol. The molecule has 2 aliphatic rings. The van der Waals surface area contributed by atoms with Crippen molar-refractivity contribution in [3.05, 3.63) is 0 Å². The topological polar surface area (TPSA) is 49.8 Å². The summed E-state index contributed by atoms with van der Waals surface area (Å²) in [6.45, 7) is 7.87. The summed E-state index contributed by atoms with van der Waals surface area (Å²) < 4.78 is 5.55. The summed E-state index contributed by atoms with van der Waals surface area (Å²) in [4.78, 5) is 13.7. The van der Waals surface area contributed by atoms with Crippen LogP contribution in [0.2, 0.25) is 0 Å². The number of ether oxygens (including phenoxy) is 1. The van der Waals surface area contributed by atoms with Crippen LogP contribution in [-0.2, 0) is 9.53 Å². The summed E-state index contributed by atoms with van der Waals surface area (Å²) in [5.41, 5.74) is -1.44. The van der Waals surface area contributed by atoms with Crippen LogP contribution in [0.3, 0.4) is 0 Å². The van der Waals surface area contributed by atoms with Crippen LogP contribution in [-0.4, -0.2) is 39.9 Å². The molecular formula is C11H19NO3. The summed E-state index contributed by atoms with van der Waals surface area (Å²) in [5, 5.41) is 9.93. The minimum absolute atomic E-state index is 0.0113. The van der Waals surface area contributed by atoms with E-state index in [9.17, 15) is 9.90 Å². The van der Waals surface area contributed by atoms with Crippen molar-refractivity contribution in [3.63, 3.8) is 0 Å². The molecule has 4 heteroatoms. The van der Waals surface area contributed by atoms with Crippen molar-refractivity contribution in [1.82, 2.24) is 4.90 Å². The highest BCUT2D eigenvalue weighted by atomic mass is 16.5. The second-order valence-electron chi connectivity index (χ2n) is 5.49. The van der Waals surface area contributed by atoms with Gasteiger partial charge in [0.2, 0.25) is 5.91 Å². The maximum atomic E-state index is 11.9. The molecule has 0 radical (unpaired) electrons. The molecule has 86 valence electrons. The summed E-state index contributed by atoms with van der Waals surface area (Å²) in [6, 6.07) is 0.140. The van der Waals surface area contributed by atoms with Crippen LogP contribution < -0.4 is 0 Å². The molecule has 2 fully saturated rings. The molecule has 1 N–H and O–H groups in total. The number of fused-ring (bicyclic) bond motifs is 1. The third kappa shape index (κ3) is 1.47. The first-order valence-corrected chi connectivity index (χ1v) is 5.44. The number of hydrogen-bond donors (Lipinski definition) is 1. The third-order valence-electron chi connectivity index (χ3n) is 3.43. The van der Waals surface area contributed by atoms with E-state index >= 15 is 0 Å². The van der Waals surface area contributed by atoms with E-state index in [0.29, 0.717) is 6.61 Å². The van der Waals surface area contributed by atoms with Crippen molar-refractivity contribution < 1.29 is 14.6 Å². The van der Waals surface area contributed by atoms with Gasteiger partial charge in [-0.05, 0) is 34.1 Å². The Morgan fingerprint density at radius 1 is 1.53 bits per heavy atom. The minimum atomic E-state index is -0.925. The van der Waals surface area contributed by atoms with Gasteiger partial charge in [-0.3, -0.25) is 4.79 Å². The van der Waals surface area contributed by atoms with E-state index in [2.05, 4.69) is 0 Å². The van der Waals surface area contributed by atoms with Crippen molar-refractivity contribution in [2.45, 2.75) is 51.5 Å². The van der Waals surface area contributed by atoms with Gasteiger partial charge in [0.15, 0.2) is 0 Å². The van der Waals surface area contributed by atoms with Crippen molar-refractivity contribution in [1.29, 1.82) is 0 Å². The molecule has 2 atom stereocenters. The van der Waals surface area contributed by atoms with Crippen LogP contribution in [0, 0.1) is 5.92 Å². The number of carbonyl (C=O) groups is 1. The van der Waals surface area contributed by atoms with Crippen molar-refractivity contribution >= 4 is 5.91 Å². The lowest BCUT2D eigenvalue weighted by Crippen LogP contribution is -2.75.